The SMILES string of the molecule is CN(/N=C\C(=N\Nc1ccc([N+](=O)[O-])cc1)[C@H](O)[C@H](O)[C@H](O)CO)c1ccccc1. The molecule has 0 amide bonds. The van der Waals surface area contributed by atoms with E-state index < -0.39 is 29.8 Å². The maximum atomic E-state index is 10.7. The number of hydrogen-bond acceptors (Lipinski definition) is 10. The Kier molecular flexibility index (Phi) is 8.38. The van der Waals surface area contributed by atoms with Crippen molar-refractivity contribution in [3.63, 3.8) is 0 Å². The molecule has 0 unspecified atom stereocenters. The second-order valence-corrected chi connectivity index (χ2v) is 6.24. The number of nitrogens with one attached hydrogen (secondary N) is 1. The topological polar surface area (TPSA) is 164 Å². The monoisotopic (exact) mass is 417 g/mol. The zero-order chi connectivity index (χ0) is 22.1. The summed E-state index contributed by atoms with van der Waals surface area (Å²) in [6.45, 7) is -0.762. The fourth-order valence-electron chi connectivity index (χ4n) is 2.31. The van der Waals surface area contributed by atoms with Gasteiger partial charge in [0, 0.05) is 19.2 Å². The molecule has 30 heavy (non-hydrogen) atoms. The number of hydrazone groups is 2. The molecule has 0 heterocycles. The predicted molar refractivity (Wildman–Crippen MR) is 113 cm³/mol. The number of para-hydroxylation sites is 1. The van der Waals surface area contributed by atoms with Crippen molar-refractivity contribution in [2.24, 2.45) is 10.2 Å². The number of nitro benzene ring substituents is 1. The van der Waals surface area contributed by atoms with Gasteiger partial charge in [-0.1, -0.05) is 18.2 Å². The molecule has 0 saturated heterocycles. The van der Waals surface area contributed by atoms with Crippen molar-refractivity contribution in [2.75, 3.05) is 24.1 Å². The summed E-state index contributed by atoms with van der Waals surface area (Å²) in [7, 11) is 1.67. The summed E-state index contributed by atoms with van der Waals surface area (Å²) in [6, 6.07) is 14.5. The highest BCUT2D eigenvalue weighted by Gasteiger charge is 2.28. The number of hydrogen-bond donors (Lipinski definition) is 5. The number of nitro groups is 1. The third kappa shape index (κ3) is 6.32. The van der Waals surface area contributed by atoms with E-state index in [0.717, 1.165) is 5.69 Å². The molecule has 0 radical (unpaired) electrons. The van der Waals surface area contributed by atoms with Gasteiger partial charge >= 0.3 is 0 Å². The van der Waals surface area contributed by atoms with Crippen LogP contribution < -0.4 is 10.4 Å². The van der Waals surface area contributed by atoms with Gasteiger partial charge in [-0.05, 0) is 24.3 Å². The predicted octanol–water partition coefficient (Wildman–Crippen LogP) is 0.560. The molecular weight excluding hydrogens is 394 g/mol. The third-order valence-corrected chi connectivity index (χ3v) is 4.09. The zero-order valence-corrected chi connectivity index (χ0v) is 16.1. The molecule has 0 aliphatic rings. The molecule has 11 nitrogen and oxygen atoms in total. The summed E-state index contributed by atoms with van der Waals surface area (Å²) in [5.74, 6) is 0. The first kappa shape index (κ1) is 22.9. The van der Waals surface area contributed by atoms with E-state index in [4.69, 9.17) is 5.11 Å². The molecule has 0 aromatic heterocycles. The third-order valence-electron chi connectivity index (χ3n) is 4.09. The van der Waals surface area contributed by atoms with Gasteiger partial charge in [0.15, 0.2) is 0 Å². The first-order chi connectivity index (χ1) is 14.3. The summed E-state index contributed by atoms with van der Waals surface area (Å²) in [6.07, 6.45) is -3.81. The highest BCUT2D eigenvalue weighted by molar-refractivity contribution is 6.33. The van der Waals surface area contributed by atoms with Crippen molar-refractivity contribution in [2.45, 2.75) is 18.3 Å². The van der Waals surface area contributed by atoms with Gasteiger partial charge in [-0.3, -0.25) is 20.5 Å². The molecule has 0 spiro atoms. The number of anilines is 2. The summed E-state index contributed by atoms with van der Waals surface area (Å²) < 4.78 is 0. The lowest BCUT2D eigenvalue weighted by atomic mass is 10.0. The van der Waals surface area contributed by atoms with E-state index in [1.165, 1.54) is 35.5 Å². The van der Waals surface area contributed by atoms with Crippen LogP contribution in [-0.4, -0.2) is 69.2 Å². The minimum atomic E-state index is -1.72. The molecule has 160 valence electrons. The molecule has 0 saturated carbocycles. The van der Waals surface area contributed by atoms with Crippen LogP contribution in [0.5, 0.6) is 0 Å². The molecule has 2 aromatic rings. The van der Waals surface area contributed by atoms with Crippen LogP contribution in [0.3, 0.4) is 0 Å². The van der Waals surface area contributed by atoms with Crippen molar-refractivity contribution < 1.29 is 25.3 Å². The largest absolute Gasteiger partial charge is 0.394 e. The molecule has 2 rings (SSSR count). The number of non-ortho nitro benzene ring substituents is 1. The first-order valence-electron chi connectivity index (χ1n) is 8.89. The first-order valence-corrected chi connectivity index (χ1v) is 8.89. The van der Waals surface area contributed by atoms with Gasteiger partial charge in [0.1, 0.15) is 24.0 Å². The molecule has 0 aliphatic heterocycles. The lowest BCUT2D eigenvalue weighted by Gasteiger charge is -2.21. The van der Waals surface area contributed by atoms with Crippen LogP contribution in [-0.2, 0) is 0 Å². The van der Waals surface area contributed by atoms with E-state index in [1.807, 2.05) is 30.3 Å². The molecule has 0 aliphatic carbocycles. The van der Waals surface area contributed by atoms with Gasteiger partial charge in [0.2, 0.25) is 0 Å². The minimum absolute atomic E-state index is 0.0997. The van der Waals surface area contributed by atoms with E-state index in [9.17, 15) is 25.4 Å². The normalized spacial score (nSPS) is 14.9. The Morgan fingerprint density at radius 2 is 1.80 bits per heavy atom. The summed E-state index contributed by atoms with van der Waals surface area (Å²) in [5.41, 5.74) is 3.50. The molecule has 0 fully saturated rings. The second kappa shape index (κ2) is 11.0. The molecule has 5 N–H and O–H groups in total. The number of nitrogens with zero attached hydrogens (tertiary/aromatic N) is 4. The number of aliphatic hydroxyl groups is 4. The van der Waals surface area contributed by atoms with Crippen molar-refractivity contribution in [1.82, 2.24) is 0 Å². The standard InChI is InChI=1S/C19H23N5O6/c1-23(14-5-3-2-4-6-14)20-11-16(18(27)19(28)17(26)12-25)22-21-13-7-9-15(10-8-13)24(29)30/h2-11,17-19,21,25-28H,12H2,1H3/b20-11-,22-16-/t17-,18+,19-/m1/s1. The van der Waals surface area contributed by atoms with Gasteiger partial charge in [-0.15, -0.1) is 0 Å². The Hall–Kier alpha value is -3.38. The highest BCUT2D eigenvalue weighted by atomic mass is 16.6. The van der Waals surface area contributed by atoms with Gasteiger partial charge in [0.25, 0.3) is 5.69 Å². The zero-order valence-electron chi connectivity index (χ0n) is 16.1. The van der Waals surface area contributed by atoms with E-state index in [2.05, 4.69) is 15.6 Å². The minimum Gasteiger partial charge on any atom is -0.394 e. The second-order valence-electron chi connectivity index (χ2n) is 6.24. The number of aliphatic hydroxyl groups excluding tert-OH is 4. The van der Waals surface area contributed by atoms with Crippen LogP contribution in [0.15, 0.2) is 64.8 Å². The molecule has 11 heteroatoms. The average Bonchev–Trinajstić information content (AvgIpc) is 2.78. The average molecular weight is 417 g/mol. The Labute approximate surface area is 172 Å². The fraction of sp³-hybridized carbons (Fsp3) is 0.263. The maximum Gasteiger partial charge on any atom is 0.269 e. The molecule has 2 aromatic carbocycles. The lowest BCUT2D eigenvalue weighted by molar-refractivity contribution is -0.384. The van der Waals surface area contributed by atoms with Gasteiger partial charge in [0.05, 0.1) is 29.1 Å². The van der Waals surface area contributed by atoms with Crippen molar-refractivity contribution in [3.8, 4) is 0 Å². The molecule has 0 bridgehead atoms. The number of rotatable bonds is 10. The Morgan fingerprint density at radius 1 is 1.17 bits per heavy atom. The van der Waals surface area contributed by atoms with Crippen LogP contribution in [0, 0.1) is 10.1 Å². The Bertz CT molecular complexity index is 875. The van der Waals surface area contributed by atoms with E-state index in [1.54, 1.807) is 7.05 Å². The number of benzene rings is 2. The maximum absolute atomic E-state index is 10.7. The fourth-order valence-corrected chi connectivity index (χ4v) is 2.31. The van der Waals surface area contributed by atoms with Gasteiger partial charge < -0.3 is 20.4 Å². The Morgan fingerprint density at radius 3 is 2.37 bits per heavy atom. The quantitative estimate of drug-likeness (QED) is 0.213. The molecular formula is C19H23N5O6. The van der Waals surface area contributed by atoms with Crippen LogP contribution in [0.4, 0.5) is 17.1 Å². The van der Waals surface area contributed by atoms with Crippen molar-refractivity contribution >= 4 is 29.0 Å². The van der Waals surface area contributed by atoms with Crippen LogP contribution >= 0.6 is 0 Å². The van der Waals surface area contributed by atoms with Crippen LogP contribution in [0.2, 0.25) is 0 Å². The summed E-state index contributed by atoms with van der Waals surface area (Å²) in [5, 5.41) is 59.4. The summed E-state index contributed by atoms with van der Waals surface area (Å²) >= 11 is 0. The van der Waals surface area contributed by atoms with Crippen molar-refractivity contribution in [3.05, 3.63) is 64.7 Å². The van der Waals surface area contributed by atoms with Gasteiger partial charge in [-0.2, -0.15) is 10.2 Å². The summed E-state index contributed by atoms with van der Waals surface area (Å²) in [4.78, 5) is 10.2. The van der Waals surface area contributed by atoms with Crippen LogP contribution in [0.1, 0.15) is 0 Å². The van der Waals surface area contributed by atoms with Crippen molar-refractivity contribution in [1.29, 1.82) is 0 Å². The molecule has 3 atom stereocenters. The van der Waals surface area contributed by atoms with E-state index >= 15 is 0 Å². The highest BCUT2D eigenvalue weighted by Crippen LogP contribution is 2.16. The Balaban J connectivity index is 2.24. The van der Waals surface area contributed by atoms with E-state index in [0.29, 0.717) is 5.69 Å². The van der Waals surface area contributed by atoms with E-state index in [-0.39, 0.29) is 11.4 Å². The smallest absolute Gasteiger partial charge is 0.269 e. The van der Waals surface area contributed by atoms with Gasteiger partial charge in [-0.25, -0.2) is 0 Å². The lowest BCUT2D eigenvalue weighted by Crippen LogP contribution is -2.44. The van der Waals surface area contributed by atoms with Crippen LogP contribution in [0.25, 0.3) is 0 Å².